The monoisotopic (exact) mass is 268 g/mol. The molecule has 1 saturated carbocycles. The molecule has 0 aliphatic heterocycles. The van der Waals surface area contributed by atoms with Crippen LogP contribution < -0.4 is 10.6 Å². The molecule has 0 aromatic carbocycles. The van der Waals surface area contributed by atoms with Crippen molar-refractivity contribution in [1.29, 1.82) is 0 Å². The molecule has 2 atom stereocenters. The normalized spacial score (nSPS) is 23.9. The predicted octanol–water partition coefficient (Wildman–Crippen LogP) is 3.12. The van der Waals surface area contributed by atoms with E-state index in [1.807, 2.05) is 0 Å². The first-order chi connectivity index (χ1) is 8.61. The fraction of sp³-hybridized carbons (Fsp3) is 0.692. The lowest BCUT2D eigenvalue weighted by Gasteiger charge is -2.38. The summed E-state index contributed by atoms with van der Waals surface area (Å²) in [5.41, 5.74) is 5.66. The molecule has 1 heterocycles. The lowest BCUT2D eigenvalue weighted by atomic mass is 9.82. The maximum Gasteiger partial charge on any atom is 0.223 e. The van der Waals surface area contributed by atoms with Gasteiger partial charge < -0.3 is 10.6 Å². The Kier molecular flexibility index (Phi) is 4.27. The van der Waals surface area contributed by atoms with Crippen LogP contribution in [-0.2, 0) is 0 Å². The number of halogens is 1. The van der Waals surface area contributed by atoms with Gasteiger partial charge in [-0.3, -0.25) is 0 Å². The van der Waals surface area contributed by atoms with Gasteiger partial charge in [-0.15, -0.1) is 0 Å². The van der Waals surface area contributed by atoms with E-state index in [1.54, 1.807) is 6.07 Å². The minimum Gasteiger partial charge on any atom is -0.368 e. The van der Waals surface area contributed by atoms with E-state index in [9.17, 15) is 0 Å². The maximum absolute atomic E-state index is 5.95. The lowest BCUT2D eigenvalue weighted by Crippen LogP contribution is -2.40. The van der Waals surface area contributed by atoms with Crippen LogP contribution in [0.4, 0.5) is 11.8 Å². The first-order valence-electron chi connectivity index (χ1n) is 6.64. The van der Waals surface area contributed by atoms with Crippen LogP contribution in [0.25, 0.3) is 0 Å². The number of nitrogens with zero attached hydrogens (tertiary/aromatic N) is 3. The predicted molar refractivity (Wildman–Crippen MR) is 75.9 cm³/mol. The van der Waals surface area contributed by atoms with Crippen molar-refractivity contribution in [2.45, 2.75) is 45.1 Å². The quantitative estimate of drug-likeness (QED) is 0.856. The molecule has 100 valence electrons. The second-order valence-electron chi connectivity index (χ2n) is 5.04. The fourth-order valence-corrected chi connectivity index (χ4v) is 3.13. The van der Waals surface area contributed by atoms with E-state index in [0.717, 1.165) is 11.7 Å². The molecule has 0 spiro atoms. The van der Waals surface area contributed by atoms with E-state index in [1.165, 1.54) is 32.1 Å². The molecule has 0 amide bonds. The van der Waals surface area contributed by atoms with Crippen LogP contribution >= 0.6 is 11.6 Å². The van der Waals surface area contributed by atoms with Gasteiger partial charge in [0, 0.05) is 19.2 Å². The van der Waals surface area contributed by atoms with Crippen LogP contribution in [0, 0.1) is 5.92 Å². The SMILES string of the molecule is CC[C@H]1CCCC[C@@H]1N(C)c1cc(Cl)nc(N)n1. The molecule has 0 unspecified atom stereocenters. The van der Waals surface area contributed by atoms with Crippen LogP contribution in [0.15, 0.2) is 6.07 Å². The summed E-state index contributed by atoms with van der Waals surface area (Å²) in [6.07, 6.45) is 6.37. The summed E-state index contributed by atoms with van der Waals surface area (Å²) < 4.78 is 0. The van der Waals surface area contributed by atoms with Gasteiger partial charge in [-0.25, -0.2) is 4.98 Å². The Morgan fingerprint density at radius 3 is 2.78 bits per heavy atom. The summed E-state index contributed by atoms with van der Waals surface area (Å²) in [5, 5.41) is 0.410. The van der Waals surface area contributed by atoms with Crippen LogP contribution in [0.1, 0.15) is 39.0 Å². The molecule has 2 rings (SSSR count). The molecule has 18 heavy (non-hydrogen) atoms. The zero-order valence-electron chi connectivity index (χ0n) is 11.1. The van der Waals surface area contributed by atoms with E-state index in [-0.39, 0.29) is 5.95 Å². The number of nitrogen functional groups attached to an aromatic ring is 1. The number of nitrogens with two attached hydrogens (primary N) is 1. The van der Waals surface area contributed by atoms with E-state index in [2.05, 4.69) is 28.8 Å². The Bertz CT molecular complexity index is 390. The molecule has 0 bridgehead atoms. The molecule has 1 fully saturated rings. The molecular weight excluding hydrogens is 248 g/mol. The van der Waals surface area contributed by atoms with E-state index in [0.29, 0.717) is 11.2 Å². The van der Waals surface area contributed by atoms with Crippen molar-refractivity contribution in [2.75, 3.05) is 17.7 Å². The molecule has 0 saturated heterocycles. The van der Waals surface area contributed by atoms with Crippen molar-refractivity contribution >= 4 is 23.4 Å². The van der Waals surface area contributed by atoms with Crippen molar-refractivity contribution < 1.29 is 0 Å². The first-order valence-corrected chi connectivity index (χ1v) is 7.02. The first kappa shape index (κ1) is 13.4. The van der Waals surface area contributed by atoms with Crippen molar-refractivity contribution in [2.24, 2.45) is 5.92 Å². The summed E-state index contributed by atoms with van der Waals surface area (Å²) in [5.74, 6) is 1.81. The Morgan fingerprint density at radius 2 is 2.11 bits per heavy atom. The van der Waals surface area contributed by atoms with E-state index >= 15 is 0 Å². The number of rotatable bonds is 3. The highest BCUT2D eigenvalue weighted by Gasteiger charge is 2.28. The summed E-state index contributed by atoms with van der Waals surface area (Å²) in [6.45, 7) is 2.26. The lowest BCUT2D eigenvalue weighted by molar-refractivity contribution is 0.291. The molecule has 4 nitrogen and oxygen atoms in total. The molecule has 1 aromatic heterocycles. The molecule has 0 radical (unpaired) electrons. The molecule has 1 aliphatic carbocycles. The van der Waals surface area contributed by atoms with E-state index < -0.39 is 0 Å². The summed E-state index contributed by atoms with van der Waals surface area (Å²) in [6, 6.07) is 2.33. The highest BCUT2D eigenvalue weighted by Crippen LogP contribution is 2.32. The topological polar surface area (TPSA) is 55.0 Å². The van der Waals surface area contributed by atoms with Gasteiger partial charge in [0.2, 0.25) is 5.95 Å². The van der Waals surface area contributed by atoms with E-state index in [4.69, 9.17) is 17.3 Å². The highest BCUT2D eigenvalue weighted by atomic mass is 35.5. The van der Waals surface area contributed by atoms with Crippen LogP contribution in [0.3, 0.4) is 0 Å². The largest absolute Gasteiger partial charge is 0.368 e. The number of aromatic nitrogens is 2. The number of hydrogen-bond acceptors (Lipinski definition) is 4. The van der Waals surface area contributed by atoms with Crippen LogP contribution in [0.5, 0.6) is 0 Å². The van der Waals surface area contributed by atoms with Gasteiger partial charge in [0.05, 0.1) is 0 Å². The van der Waals surface area contributed by atoms with Gasteiger partial charge in [0.25, 0.3) is 0 Å². The van der Waals surface area contributed by atoms with Gasteiger partial charge in [0.1, 0.15) is 11.0 Å². The average Bonchev–Trinajstić information content (AvgIpc) is 2.36. The number of anilines is 2. The Balaban J connectivity index is 2.20. The van der Waals surface area contributed by atoms with Gasteiger partial charge in [-0.2, -0.15) is 4.98 Å². The van der Waals surface area contributed by atoms with Gasteiger partial charge in [0.15, 0.2) is 0 Å². The zero-order valence-corrected chi connectivity index (χ0v) is 11.8. The zero-order chi connectivity index (χ0) is 13.1. The minimum absolute atomic E-state index is 0.244. The van der Waals surface area contributed by atoms with Crippen molar-refractivity contribution in [3.8, 4) is 0 Å². The second kappa shape index (κ2) is 5.74. The third kappa shape index (κ3) is 2.86. The molecular formula is C13H21ClN4. The standard InChI is InChI=1S/C13H21ClN4/c1-3-9-6-4-5-7-10(9)18(2)12-8-11(14)16-13(15)17-12/h8-10H,3-7H2,1-2H3,(H2,15,16,17)/t9-,10-/m0/s1. The van der Waals surface area contributed by atoms with Crippen molar-refractivity contribution in [1.82, 2.24) is 9.97 Å². The molecule has 2 N–H and O–H groups in total. The molecule has 5 heteroatoms. The minimum atomic E-state index is 0.244. The summed E-state index contributed by atoms with van der Waals surface area (Å²) in [4.78, 5) is 10.4. The van der Waals surface area contributed by atoms with Crippen molar-refractivity contribution in [3.05, 3.63) is 11.2 Å². The second-order valence-corrected chi connectivity index (χ2v) is 5.43. The molecule has 1 aliphatic rings. The molecule has 1 aromatic rings. The average molecular weight is 269 g/mol. The fourth-order valence-electron chi connectivity index (χ4n) is 2.95. The Hall–Kier alpha value is -1.03. The summed E-state index contributed by atoms with van der Waals surface area (Å²) in [7, 11) is 2.08. The smallest absolute Gasteiger partial charge is 0.223 e. The van der Waals surface area contributed by atoms with Crippen LogP contribution in [0.2, 0.25) is 5.15 Å². The Labute approximate surface area is 114 Å². The summed E-state index contributed by atoms with van der Waals surface area (Å²) >= 11 is 5.95. The third-order valence-corrected chi connectivity index (χ3v) is 4.14. The van der Waals surface area contributed by atoms with Gasteiger partial charge in [-0.1, -0.05) is 37.8 Å². The van der Waals surface area contributed by atoms with Gasteiger partial charge >= 0.3 is 0 Å². The van der Waals surface area contributed by atoms with Crippen LogP contribution in [-0.4, -0.2) is 23.1 Å². The third-order valence-electron chi connectivity index (χ3n) is 3.95. The van der Waals surface area contributed by atoms with Gasteiger partial charge in [-0.05, 0) is 18.8 Å². The highest BCUT2D eigenvalue weighted by molar-refractivity contribution is 6.29. The maximum atomic E-state index is 5.95. The van der Waals surface area contributed by atoms with Crippen molar-refractivity contribution in [3.63, 3.8) is 0 Å². The number of hydrogen-bond donors (Lipinski definition) is 1. The Morgan fingerprint density at radius 1 is 1.39 bits per heavy atom.